The van der Waals surface area contributed by atoms with Gasteiger partial charge in [0.25, 0.3) is 0 Å². The first-order valence-electron chi connectivity index (χ1n) is 6.19. The molecule has 0 aliphatic heterocycles. The fourth-order valence-corrected chi connectivity index (χ4v) is 3.33. The number of hydrogen-bond acceptors (Lipinski definition) is 0. The van der Waals surface area contributed by atoms with Crippen molar-refractivity contribution >= 4 is 32.8 Å². The fraction of sp³-hybridized carbons (Fsp3) is 0.250. The van der Waals surface area contributed by atoms with Crippen LogP contribution in [0.25, 0.3) is 16.8 Å². The van der Waals surface area contributed by atoms with E-state index in [0.29, 0.717) is 0 Å². The highest BCUT2D eigenvalue weighted by Gasteiger charge is 2.16. The van der Waals surface area contributed by atoms with Crippen molar-refractivity contribution in [2.24, 2.45) is 0 Å². The molecule has 1 aliphatic rings. The van der Waals surface area contributed by atoms with E-state index in [0.717, 1.165) is 6.42 Å². The monoisotopic (exact) mass is 286 g/mol. The van der Waals surface area contributed by atoms with Gasteiger partial charge in [-0.25, -0.2) is 0 Å². The lowest BCUT2D eigenvalue weighted by molar-refractivity contribution is 0.886. The Hall–Kier alpha value is -1.08. The standard InChI is InChI=1S/C16H15Br/c1-2-5-11-8-12-10-16(17)14-7-4-3-6-13(14)15(12)9-11/h3-4,6-7,9-10H,2,5,8H2,1H3. The Morgan fingerprint density at radius 3 is 2.71 bits per heavy atom. The molecule has 0 spiro atoms. The molecule has 3 rings (SSSR count). The van der Waals surface area contributed by atoms with Crippen molar-refractivity contribution in [1.29, 1.82) is 0 Å². The van der Waals surface area contributed by atoms with E-state index in [9.17, 15) is 0 Å². The maximum absolute atomic E-state index is 3.69. The first-order chi connectivity index (χ1) is 8.29. The van der Waals surface area contributed by atoms with Crippen LogP contribution in [0.3, 0.4) is 0 Å². The molecule has 17 heavy (non-hydrogen) atoms. The second-order valence-corrected chi connectivity index (χ2v) is 5.56. The molecule has 0 saturated heterocycles. The van der Waals surface area contributed by atoms with Gasteiger partial charge >= 0.3 is 0 Å². The third-order valence-electron chi connectivity index (χ3n) is 3.46. The van der Waals surface area contributed by atoms with Gasteiger partial charge in [0.15, 0.2) is 0 Å². The molecule has 0 heterocycles. The minimum atomic E-state index is 1.13. The van der Waals surface area contributed by atoms with Crippen LogP contribution in [-0.4, -0.2) is 0 Å². The summed E-state index contributed by atoms with van der Waals surface area (Å²) in [5.74, 6) is 0. The summed E-state index contributed by atoms with van der Waals surface area (Å²) in [6.45, 7) is 2.25. The molecule has 0 saturated carbocycles. The maximum atomic E-state index is 3.69. The summed E-state index contributed by atoms with van der Waals surface area (Å²) < 4.78 is 1.22. The minimum absolute atomic E-state index is 1.13. The van der Waals surface area contributed by atoms with Gasteiger partial charge in [-0.15, -0.1) is 0 Å². The summed E-state index contributed by atoms with van der Waals surface area (Å²) in [5, 5.41) is 2.70. The van der Waals surface area contributed by atoms with Gasteiger partial charge < -0.3 is 0 Å². The molecule has 0 radical (unpaired) electrons. The Kier molecular flexibility index (Phi) is 2.79. The van der Waals surface area contributed by atoms with Crippen molar-refractivity contribution in [2.75, 3.05) is 0 Å². The molecule has 86 valence electrons. The van der Waals surface area contributed by atoms with Crippen molar-refractivity contribution in [3.8, 4) is 0 Å². The van der Waals surface area contributed by atoms with Gasteiger partial charge in [-0.1, -0.05) is 65.2 Å². The Balaban J connectivity index is 2.22. The van der Waals surface area contributed by atoms with Crippen LogP contribution in [0.15, 0.2) is 40.4 Å². The van der Waals surface area contributed by atoms with Crippen molar-refractivity contribution in [1.82, 2.24) is 0 Å². The molecule has 0 unspecified atom stereocenters. The fourth-order valence-electron chi connectivity index (χ4n) is 2.71. The van der Waals surface area contributed by atoms with E-state index in [-0.39, 0.29) is 0 Å². The van der Waals surface area contributed by atoms with E-state index >= 15 is 0 Å². The van der Waals surface area contributed by atoms with E-state index in [1.165, 1.54) is 39.2 Å². The predicted molar refractivity (Wildman–Crippen MR) is 78.2 cm³/mol. The van der Waals surface area contributed by atoms with Crippen LogP contribution in [-0.2, 0) is 6.42 Å². The summed E-state index contributed by atoms with van der Waals surface area (Å²) in [6.07, 6.45) is 5.99. The molecule has 0 N–H and O–H groups in total. The highest BCUT2D eigenvalue weighted by atomic mass is 79.9. The van der Waals surface area contributed by atoms with Gasteiger partial charge in [-0.05, 0) is 40.8 Å². The molecule has 1 heteroatoms. The number of allylic oxidation sites excluding steroid dienone is 1. The molecule has 0 atom stereocenters. The van der Waals surface area contributed by atoms with Crippen LogP contribution in [0.4, 0.5) is 0 Å². The zero-order chi connectivity index (χ0) is 11.8. The van der Waals surface area contributed by atoms with Crippen molar-refractivity contribution in [2.45, 2.75) is 26.2 Å². The van der Waals surface area contributed by atoms with Crippen LogP contribution in [0.5, 0.6) is 0 Å². The predicted octanol–water partition coefficient (Wildman–Crippen LogP) is 5.34. The zero-order valence-electron chi connectivity index (χ0n) is 9.96. The molecular formula is C16H15Br. The van der Waals surface area contributed by atoms with Crippen LogP contribution >= 0.6 is 15.9 Å². The van der Waals surface area contributed by atoms with Crippen LogP contribution in [0.2, 0.25) is 0 Å². The average molecular weight is 287 g/mol. The molecule has 0 aromatic heterocycles. The molecule has 2 aromatic carbocycles. The van der Waals surface area contributed by atoms with Crippen molar-refractivity contribution in [3.63, 3.8) is 0 Å². The van der Waals surface area contributed by atoms with Gasteiger partial charge in [-0.2, -0.15) is 0 Å². The van der Waals surface area contributed by atoms with E-state index in [4.69, 9.17) is 0 Å². The minimum Gasteiger partial charge on any atom is -0.0652 e. The Bertz CT molecular complexity index is 608. The summed E-state index contributed by atoms with van der Waals surface area (Å²) >= 11 is 3.69. The number of halogens is 1. The van der Waals surface area contributed by atoms with Crippen LogP contribution < -0.4 is 0 Å². The first-order valence-corrected chi connectivity index (χ1v) is 6.98. The second kappa shape index (κ2) is 4.30. The van der Waals surface area contributed by atoms with E-state index in [1.807, 2.05) is 0 Å². The smallest absolute Gasteiger partial charge is 0.0257 e. The normalized spacial score (nSPS) is 13.9. The SMILES string of the molecule is CCCC1=Cc2c(cc(Br)c3ccccc23)C1. The summed E-state index contributed by atoms with van der Waals surface area (Å²) in [4.78, 5) is 0. The van der Waals surface area contributed by atoms with Crippen LogP contribution in [0, 0.1) is 0 Å². The third kappa shape index (κ3) is 1.83. The van der Waals surface area contributed by atoms with Gasteiger partial charge in [0.05, 0.1) is 0 Å². The van der Waals surface area contributed by atoms with E-state index < -0.39 is 0 Å². The van der Waals surface area contributed by atoms with Gasteiger partial charge in [0.2, 0.25) is 0 Å². The molecule has 1 aliphatic carbocycles. The molecular weight excluding hydrogens is 272 g/mol. The van der Waals surface area contributed by atoms with Crippen molar-refractivity contribution < 1.29 is 0 Å². The van der Waals surface area contributed by atoms with Gasteiger partial charge in [0, 0.05) is 4.47 Å². The zero-order valence-corrected chi connectivity index (χ0v) is 11.5. The van der Waals surface area contributed by atoms with Crippen molar-refractivity contribution in [3.05, 3.63) is 51.5 Å². The van der Waals surface area contributed by atoms with E-state index in [1.54, 1.807) is 5.57 Å². The number of rotatable bonds is 2. The Labute approximate surface area is 110 Å². The van der Waals surface area contributed by atoms with Gasteiger partial charge in [0.1, 0.15) is 0 Å². The quantitative estimate of drug-likeness (QED) is 0.699. The Morgan fingerprint density at radius 1 is 1.18 bits per heavy atom. The summed E-state index contributed by atoms with van der Waals surface area (Å²) in [5.41, 5.74) is 4.48. The second-order valence-electron chi connectivity index (χ2n) is 4.71. The summed E-state index contributed by atoms with van der Waals surface area (Å²) in [7, 11) is 0. The third-order valence-corrected chi connectivity index (χ3v) is 4.11. The largest absolute Gasteiger partial charge is 0.0652 e. The average Bonchev–Trinajstić information content (AvgIpc) is 2.73. The molecule has 2 aromatic rings. The topological polar surface area (TPSA) is 0 Å². The highest BCUT2D eigenvalue weighted by molar-refractivity contribution is 9.10. The molecule has 0 amide bonds. The molecule has 0 nitrogen and oxygen atoms in total. The molecule has 0 bridgehead atoms. The van der Waals surface area contributed by atoms with Crippen LogP contribution in [0.1, 0.15) is 30.9 Å². The number of benzene rings is 2. The molecule has 0 fully saturated rings. The number of hydrogen-bond donors (Lipinski definition) is 0. The number of fused-ring (bicyclic) bond motifs is 3. The van der Waals surface area contributed by atoms with Gasteiger partial charge in [-0.3, -0.25) is 0 Å². The first kappa shape index (κ1) is 11.0. The lowest BCUT2D eigenvalue weighted by Gasteiger charge is -2.06. The Morgan fingerprint density at radius 2 is 1.94 bits per heavy atom. The maximum Gasteiger partial charge on any atom is 0.0257 e. The highest BCUT2D eigenvalue weighted by Crippen LogP contribution is 2.37. The summed E-state index contributed by atoms with van der Waals surface area (Å²) in [6, 6.07) is 10.9. The lowest BCUT2D eigenvalue weighted by atomic mass is 10.0. The lowest BCUT2D eigenvalue weighted by Crippen LogP contribution is -1.87. The van der Waals surface area contributed by atoms with E-state index in [2.05, 4.69) is 59.3 Å².